The van der Waals surface area contributed by atoms with Gasteiger partial charge in [0.1, 0.15) is 11.9 Å². The van der Waals surface area contributed by atoms with E-state index >= 15 is 0 Å². The Hall–Kier alpha value is -2.88. The van der Waals surface area contributed by atoms with Gasteiger partial charge in [0.2, 0.25) is 0 Å². The standard InChI is InChI=1S/C34H46N4/c1-10-20-34(12-3)26-18-13-14-19-27(26)38-28-21-35-30(36-31(28)37(9)32(38)33(34,8)11-2)29-24(22(4)5)16-15-17-25(29)23(6)7/h13-19,21-23,32H,10-12,20H2,1-9H3. The van der Waals surface area contributed by atoms with E-state index in [-0.39, 0.29) is 17.0 Å². The minimum absolute atomic E-state index is 0.0423. The minimum Gasteiger partial charge on any atom is -0.336 e. The van der Waals surface area contributed by atoms with Gasteiger partial charge in [-0.15, -0.1) is 0 Å². The third-order valence-electron chi connectivity index (χ3n) is 9.91. The van der Waals surface area contributed by atoms with Gasteiger partial charge in [-0.3, -0.25) is 0 Å². The maximum atomic E-state index is 5.38. The van der Waals surface area contributed by atoms with Crippen LogP contribution in [0.1, 0.15) is 110 Å². The summed E-state index contributed by atoms with van der Waals surface area (Å²) in [5.41, 5.74) is 7.95. The average Bonchev–Trinajstić information content (AvgIpc) is 3.22. The van der Waals surface area contributed by atoms with Gasteiger partial charge in [-0.2, -0.15) is 0 Å². The molecule has 3 aromatic rings. The highest BCUT2D eigenvalue weighted by Gasteiger charge is 2.61. The van der Waals surface area contributed by atoms with Gasteiger partial charge in [0.25, 0.3) is 0 Å². The van der Waals surface area contributed by atoms with Gasteiger partial charge in [-0.25, -0.2) is 9.97 Å². The largest absolute Gasteiger partial charge is 0.336 e. The van der Waals surface area contributed by atoms with Gasteiger partial charge in [0.05, 0.1) is 6.20 Å². The SMILES string of the molecule is CCCC1(CC)c2ccccc2N2c3cnc(-c4c(C(C)C)cccc4C(C)C)nc3N(C)C2C1(C)CC. The Bertz CT molecular complexity index is 1300. The first kappa shape index (κ1) is 26.7. The van der Waals surface area contributed by atoms with Crippen LogP contribution in [0.5, 0.6) is 0 Å². The fourth-order valence-electron chi connectivity index (χ4n) is 7.90. The van der Waals surface area contributed by atoms with Gasteiger partial charge in [-0.05, 0) is 53.9 Å². The smallest absolute Gasteiger partial charge is 0.162 e. The molecule has 202 valence electrons. The molecule has 1 aromatic heterocycles. The van der Waals surface area contributed by atoms with E-state index in [1.165, 1.54) is 40.8 Å². The van der Waals surface area contributed by atoms with Crippen molar-refractivity contribution in [2.24, 2.45) is 5.41 Å². The van der Waals surface area contributed by atoms with Crippen molar-refractivity contribution in [1.29, 1.82) is 0 Å². The molecule has 0 spiro atoms. The van der Waals surface area contributed by atoms with Crippen molar-refractivity contribution < 1.29 is 0 Å². The molecule has 0 N–H and O–H groups in total. The molecule has 0 saturated heterocycles. The molecule has 3 heterocycles. The zero-order chi connectivity index (χ0) is 27.4. The van der Waals surface area contributed by atoms with E-state index in [0.717, 1.165) is 30.2 Å². The first-order valence-electron chi connectivity index (χ1n) is 14.8. The third kappa shape index (κ3) is 3.55. The van der Waals surface area contributed by atoms with Crippen LogP contribution < -0.4 is 9.80 Å². The highest BCUT2D eigenvalue weighted by atomic mass is 15.5. The average molecular weight is 511 g/mol. The number of anilines is 3. The van der Waals surface area contributed by atoms with Crippen LogP contribution in [0.2, 0.25) is 0 Å². The van der Waals surface area contributed by atoms with Gasteiger partial charge in [0.15, 0.2) is 11.6 Å². The van der Waals surface area contributed by atoms with Crippen LogP contribution in [0.4, 0.5) is 17.2 Å². The van der Waals surface area contributed by atoms with Gasteiger partial charge in [-0.1, -0.05) is 98.2 Å². The van der Waals surface area contributed by atoms with Crippen LogP contribution in [0.15, 0.2) is 48.7 Å². The lowest BCUT2D eigenvalue weighted by Gasteiger charge is -2.60. The van der Waals surface area contributed by atoms with E-state index in [1.54, 1.807) is 0 Å². The second-order valence-electron chi connectivity index (χ2n) is 12.4. The zero-order valence-electron chi connectivity index (χ0n) is 25.0. The molecule has 4 nitrogen and oxygen atoms in total. The quantitative estimate of drug-likeness (QED) is 0.317. The van der Waals surface area contributed by atoms with Crippen molar-refractivity contribution in [3.8, 4) is 11.4 Å². The molecule has 0 fully saturated rings. The Morgan fingerprint density at radius 1 is 0.868 bits per heavy atom. The van der Waals surface area contributed by atoms with E-state index in [1.807, 2.05) is 0 Å². The Kier molecular flexibility index (Phi) is 6.82. The predicted octanol–water partition coefficient (Wildman–Crippen LogP) is 9.18. The summed E-state index contributed by atoms with van der Waals surface area (Å²) in [7, 11) is 2.26. The van der Waals surface area contributed by atoms with E-state index in [9.17, 15) is 0 Å². The molecule has 0 amide bonds. The Balaban J connectivity index is 1.75. The highest BCUT2D eigenvalue weighted by Crippen LogP contribution is 2.64. The van der Waals surface area contributed by atoms with Crippen LogP contribution in [0.3, 0.4) is 0 Å². The first-order chi connectivity index (χ1) is 18.2. The molecule has 4 heteroatoms. The molecule has 5 rings (SSSR count). The van der Waals surface area contributed by atoms with Crippen molar-refractivity contribution in [3.05, 3.63) is 65.4 Å². The lowest BCUT2D eigenvalue weighted by Crippen LogP contribution is -2.63. The molecule has 0 aliphatic carbocycles. The number of benzene rings is 2. The van der Waals surface area contributed by atoms with Crippen LogP contribution in [-0.2, 0) is 5.41 Å². The molecule has 38 heavy (non-hydrogen) atoms. The summed E-state index contributed by atoms with van der Waals surface area (Å²) < 4.78 is 0. The summed E-state index contributed by atoms with van der Waals surface area (Å²) >= 11 is 0. The third-order valence-corrected chi connectivity index (χ3v) is 9.91. The normalized spacial score (nSPS) is 24.1. The molecule has 2 aliphatic heterocycles. The maximum absolute atomic E-state index is 5.38. The minimum atomic E-state index is 0.0423. The van der Waals surface area contributed by atoms with Crippen LogP contribution >= 0.6 is 0 Å². The van der Waals surface area contributed by atoms with Crippen LogP contribution in [0.25, 0.3) is 11.4 Å². The fourth-order valence-corrected chi connectivity index (χ4v) is 7.90. The highest BCUT2D eigenvalue weighted by molar-refractivity contribution is 5.85. The summed E-state index contributed by atoms with van der Waals surface area (Å²) in [5.74, 6) is 2.70. The van der Waals surface area contributed by atoms with E-state index < -0.39 is 0 Å². The van der Waals surface area contributed by atoms with Gasteiger partial charge >= 0.3 is 0 Å². The predicted molar refractivity (Wildman–Crippen MR) is 162 cm³/mol. The summed E-state index contributed by atoms with van der Waals surface area (Å²) in [4.78, 5) is 15.5. The molecule has 0 saturated carbocycles. The topological polar surface area (TPSA) is 32.3 Å². The number of nitrogens with zero attached hydrogens (tertiary/aromatic N) is 4. The fraction of sp³-hybridized carbons (Fsp3) is 0.529. The van der Waals surface area contributed by atoms with Crippen molar-refractivity contribution in [1.82, 2.24) is 9.97 Å². The monoisotopic (exact) mass is 510 g/mol. The van der Waals surface area contributed by atoms with Crippen molar-refractivity contribution in [2.45, 2.75) is 104 Å². The molecular weight excluding hydrogens is 464 g/mol. The second-order valence-corrected chi connectivity index (χ2v) is 12.4. The molecule has 2 aliphatic rings. The summed E-state index contributed by atoms with van der Waals surface area (Å²) in [5, 5.41) is 0. The number of aromatic nitrogens is 2. The van der Waals surface area contributed by atoms with E-state index in [4.69, 9.17) is 9.97 Å². The van der Waals surface area contributed by atoms with E-state index in [0.29, 0.717) is 11.8 Å². The number of para-hydroxylation sites is 1. The summed E-state index contributed by atoms with van der Waals surface area (Å²) in [6.07, 6.45) is 6.89. The summed E-state index contributed by atoms with van der Waals surface area (Å²) in [6.45, 7) is 18.7. The molecule has 2 aromatic carbocycles. The second kappa shape index (κ2) is 9.70. The summed E-state index contributed by atoms with van der Waals surface area (Å²) in [6, 6.07) is 15.8. The van der Waals surface area contributed by atoms with Crippen LogP contribution in [0, 0.1) is 5.41 Å². The molecule has 3 unspecified atom stereocenters. The molecule has 3 atom stereocenters. The molecule has 0 radical (unpaired) electrons. The number of fused-ring (bicyclic) bond motifs is 5. The number of rotatable bonds is 7. The molecular formula is C34H46N4. The van der Waals surface area contributed by atoms with Gasteiger partial charge in [0, 0.05) is 29.1 Å². The number of hydrogen-bond donors (Lipinski definition) is 0. The number of hydrogen-bond acceptors (Lipinski definition) is 4. The van der Waals surface area contributed by atoms with Crippen molar-refractivity contribution in [2.75, 3.05) is 16.8 Å². The van der Waals surface area contributed by atoms with E-state index in [2.05, 4.69) is 121 Å². The Morgan fingerprint density at radius 3 is 2.11 bits per heavy atom. The Labute approximate surface area is 230 Å². The lowest BCUT2D eigenvalue weighted by atomic mass is 9.52. The van der Waals surface area contributed by atoms with Gasteiger partial charge < -0.3 is 9.80 Å². The molecule has 0 bridgehead atoms. The van der Waals surface area contributed by atoms with Crippen molar-refractivity contribution >= 4 is 17.2 Å². The Morgan fingerprint density at radius 2 is 1.53 bits per heavy atom. The first-order valence-corrected chi connectivity index (χ1v) is 14.8. The maximum Gasteiger partial charge on any atom is 0.162 e. The zero-order valence-corrected chi connectivity index (χ0v) is 25.0. The van der Waals surface area contributed by atoms with Crippen LogP contribution in [-0.4, -0.2) is 23.2 Å². The lowest BCUT2D eigenvalue weighted by molar-refractivity contribution is 0.0704. The van der Waals surface area contributed by atoms with Crippen molar-refractivity contribution in [3.63, 3.8) is 0 Å².